The summed E-state index contributed by atoms with van der Waals surface area (Å²) in [4.78, 5) is 14.7. The molecule has 0 radical (unpaired) electrons. The zero-order valence-corrected chi connectivity index (χ0v) is 16.1. The van der Waals surface area contributed by atoms with Crippen LogP contribution in [0.4, 0.5) is 0 Å². The summed E-state index contributed by atoms with van der Waals surface area (Å²) in [6.45, 7) is 5.58. The molecule has 1 fully saturated rings. The van der Waals surface area contributed by atoms with Gasteiger partial charge in [-0.2, -0.15) is 0 Å². The van der Waals surface area contributed by atoms with Crippen LogP contribution in [0, 0.1) is 5.92 Å². The first-order chi connectivity index (χ1) is 11.1. The van der Waals surface area contributed by atoms with Crippen molar-refractivity contribution in [2.45, 2.75) is 38.8 Å². The molecule has 2 rings (SSSR count). The second-order valence-electron chi connectivity index (χ2n) is 6.36. The minimum absolute atomic E-state index is 0. The second-order valence-corrected chi connectivity index (χ2v) is 6.76. The fourth-order valence-electron chi connectivity index (χ4n) is 3.11. The number of hydrogen-bond acceptors (Lipinski definition) is 3. The van der Waals surface area contributed by atoms with Gasteiger partial charge in [0, 0.05) is 11.6 Å². The third-order valence-electron chi connectivity index (χ3n) is 4.79. The minimum atomic E-state index is -0.0808. The van der Waals surface area contributed by atoms with Crippen LogP contribution in [0.3, 0.4) is 0 Å². The number of likely N-dealkylation sites (tertiary alicyclic amines) is 1. The smallest absolute Gasteiger partial charge is 0.237 e. The molecule has 1 aromatic rings. The van der Waals surface area contributed by atoms with Crippen molar-refractivity contribution in [3.63, 3.8) is 0 Å². The highest BCUT2D eigenvalue weighted by Gasteiger charge is 2.26. The summed E-state index contributed by atoms with van der Waals surface area (Å²) in [7, 11) is 2.00. The highest BCUT2D eigenvalue weighted by Crippen LogP contribution is 2.21. The van der Waals surface area contributed by atoms with E-state index in [1.54, 1.807) is 0 Å². The molecule has 136 valence electrons. The highest BCUT2D eigenvalue weighted by atomic mass is 35.5. The van der Waals surface area contributed by atoms with Gasteiger partial charge in [0.2, 0.25) is 5.91 Å². The lowest BCUT2D eigenvalue weighted by Gasteiger charge is -2.35. The summed E-state index contributed by atoms with van der Waals surface area (Å²) in [6, 6.07) is 7.55. The normalized spacial score (nSPS) is 17.1. The first-order valence-corrected chi connectivity index (χ1v) is 8.89. The van der Waals surface area contributed by atoms with E-state index in [1.807, 2.05) is 38.2 Å². The zero-order chi connectivity index (χ0) is 16.7. The Morgan fingerprint density at radius 2 is 2.00 bits per heavy atom. The molecule has 1 aromatic carbocycles. The quantitative estimate of drug-likeness (QED) is 0.771. The van der Waals surface area contributed by atoms with Gasteiger partial charge in [-0.25, -0.2) is 0 Å². The van der Waals surface area contributed by atoms with Crippen molar-refractivity contribution in [3.8, 4) is 0 Å². The van der Waals surface area contributed by atoms with Crippen molar-refractivity contribution in [1.82, 2.24) is 15.5 Å². The van der Waals surface area contributed by atoms with Gasteiger partial charge in [-0.1, -0.05) is 29.8 Å². The molecular formula is C18H29Cl2N3O. The van der Waals surface area contributed by atoms with E-state index in [2.05, 4.69) is 15.5 Å². The molecule has 0 aromatic heterocycles. The van der Waals surface area contributed by atoms with Crippen molar-refractivity contribution < 1.29 is 4.79 Å². The van der Waals surface area contributed by atoms with Gasteiger partial charge in [0.05, 0.1) is 6.04 Å². The topological polar surface area (TPSA) is 44.4 Å². The van der Waals surface area contributed by atoms with Gasteiger partial charge >= 0.3 is 0 Å². The lowest BCUT2D eigenvalue weighted by Crippen LogP contribution is -2.48. The Hall–Kier alpha value is -0.810. The Bertz CT molecular complexity index is 505. The third-order valence-corrected chi connectivity index (χ3v) is 5.16. The Labute approximate surface area is 156 Å². The van der Waals surface area contributed by atoms with Crippen LogP contribution in [0.2, 0.25) is 5.02 Å². The summed E-state index contributed by atoms with van der Waals surface area (Å²) in [6.07, 6.45) is 3.60. The predicted octanol–water partition coefficient (Wildman–Crippen LogP) is 3.09. The Morgan fingerprint density at radius 3 is 2.62 bits per heavy atom. The van der Waals surface area contributed by atoms with Crippen molar-refractivity contribution >= 4 is 29.9 Å². The van der Waals surface area contributed by atoms with E-state index in [0.29, 0.717) is 11.6 Å². The molecule has 0 bridgehead atoms. The van der Waals surface area contributed by atoms with Gasteiger partial charge in [-0.3, -0.25) is 9.69 Å². The standard InChI is InChI=1S/C18H28ClN3O.ClH/c1-14(22-11-8-15(9-12-22)7-10-20-2)18(23)21-13-16-5-3-4-6-17(16)19;/h3-6,14-15,20H,7-13H2,1-2H3,(H,21,23);1H. The average Bonchev–Trinajstić information content (AvgIpc) is 2.59. The predicted molar refractivity (Wildman–Crippen MR) is 103 cm³/mol. The van der Waals surface area contributed by atoms with E-state index in [4.69, 9.17) is 11.6 Å². The SMILES string of the molecule is CNCCC1CCN(C(C)C(=O)NCc2ccccc2Cl)CC1.Cl. The minimum Gasteiger partial charge on any atom is -0.351 e. The lowest BCUT2D eigenvalue weighted by molar-refractivity contribution is -0.126. The van der Waals surface area contributed by atoms with E-state index in [9.17, 15) is 4.79 Å². The molecule has 2 N–H and O–H groups in total. The van der Waals surface area contributed by atoms with Crippen LogP contribution in [0.25, 0.3) is 0 Å². The molecule has 1 heterocycles. The van der Waals surface area contributed by atoms with E-state index in [0.717, 1.165) is 31.1 Å². The number of piperidine rings is 1. The van der Waals surface area contributed by atoms with Gasteiger partial charge in [0.25, 0.3) is 0 Å². The molecule has 0 saturated carbocycles. The Morgan fingerprint density at radius 1 is 1.33 bits per heavy atom. The molecule has 1 unspecified atom stereocenters. The molecule has 4 nitrogen and oxygen atoms in total. The molecule has 24 heavy (non-hydrogen) atoms. The maximum atomic E-state index is 12.4. The number of nitrogens with zero attached hydrogens (tertiary/aromatic N) is 1. The van der Waals surface area contributed by atoms with Crippen LogP contribution in [0.1, 0.15) is 31.7 Å². The fraction of sp³-hybridized carbons (Fsp3) is 0.611. The average molecular weight is 374 g/mol. The van der Waals surface area contributed by atoms with E-state index < -0.39 is 0 Å². The van der Waals surface area contributed by atoms with Crippen LogP contribution in [0.15, 0.2) is 24.3 Å². The third kappa shape index (κ3) is 6.25. The lowest BCUT2D eigenvalue weighted by atomic mass is 9.93. The highest BCUT2D eigenvalue weighted by molar-refractivity contribution is 6.31. The number of carbonyl (C=O) groups excluding carboxylic acids is 1. The van der Waals surface area contributed by atoms with E-state index in [1.165, 1.54) is 19.3 Å². The van der Waals surface area contributed by atoms with Crippen molar-refractivity contribution in [3.05, 3.63) is 34.9 Å². The molecule has 1 amide bonds. The van der Waals surface area contributed by atoms with E-state index in [-0.39, 0.29) is 24.4 Å². The van der Waals surface area contributed by atoms with Gasteiger partial charge in [0.15, 0.2) is 0 Å². The number of benzene rings is 1. The van der Waals surface area contributed by atoms with Gasteiger partial charge in [-0.05, 0) is 70.4 Å². The molecular weight excluding hydrogens is 345 g/mol. The van der Waals surface area contributed by atoms with Crippen LogP contribution in [-0.2, 0) is 11.3 Å². The molecule has 1 atom stereocenters. The number of carbonyl (C=O) groups is 1. The van der Waals surface area contributed by atoms with E-state index >= 15 is 0 Å². The summed E-state index contributed by atoms with van der Waals surface area (Å²) in [5.74, 6) is 0.871. The summed E-state index contributed by atoms with van der Waals surface area (Å²) >= 11 is 6.13. The summed E-state index contributed by atoms with van der Waals surface area (Å²) < 4.78 is 0. The number of halogens is 2. The molecule has 1 saturated heterocycles. The zero-order valence-electron chi connectivity index (χ0n) is 14.6. The van der Waals surface area contributed by atoms with Gasteiger partial charge in [0.1, 0.15) is 0 Å². The molecule has 6 heteroatoms. The van der Waals surface area contributed by atoms with Crippen molar-refractivity contribution in [2.24, 2.45) is 5.92 Å². The molecule has 0 aliphatic carbocycles. The molecule has 1 aliphatic rings. The first kappa shape index (κ1) is 21.2. The van der Waals surface area contributed by atoms with Crippen LogP contribution >= 0.6 is 24.0 Å². The second kappa shape index (κ2) is 10.9. The Kier molecular flexibility index (Phi) is 9.67. The number of amides is 1. The molecule has 0 spiro atoms. The summed E-state index contributed by atoms with van der Waals surface area (Å²) in [5.41, 5.74) is 0.959. The van der Waals surface area contributed by atoms with Crippen LogP contribution in [0.5, 0.6) is 0 Å². The van der Waals surface area contributed by atoms with Gasteiger partial charge in [-0.15, -0.1) is 12.4 Å². The molecule has 1 aliphatic heterocycles. The van der Waals surface area contributed by atoms with Crippen LogP contribution in [-0.4, -0.2) is 43.5 Å². The maximum Gasteiger partial charge on any atom is 0.237 e. The number of nitrogens with one attached hydrogen (secondary N) is 2. The maximum absolute atomic E-state index is 12.4. The Balaban J connectivity index is 0.00000288. The summed E-state index contributed by atoms with van der Waals surface area (Å²) in [5, 5.41) is 6.92. The largest absolute Gasteiger partial charge is 0.351 e. The first-order valence-electron chi connectivity index (χ1n) is 8.51. The fourth-order valence-corrected chi connectivity index (χ4v) is 3.32. The van der Waals surface area contributed by atoms with Crippen LogP contribution < -0.4 is 10.6 Å². The van der Waals surface area contributed by atoms with Crippen molar-refractivity contribution in [1.29, 1.82) is 0 Å². The van der Waals surface area contributed by atoms with Crippen molar-refractivity contribution in [2.75, 3.05) is 26.7 Å². The monoisotopic (exact) mass is 373 g/mol. The van der Waals surface area contributed by atoms with Gasteiger partial charge < -0.3 is 10.6 Å². The number of hydrogen-bond donors (Lipinski definition) is 2. The number of rotatable bonds is 7.